The molecule has 0 N–H and O–H groups in total. The van der Waals surface area contributed by atoms with E-state index in [2.05, 4.69) is 20.8 Å². The van der Waals surface area contributed by atoms with Crippen LogP contribution < -0.4 is 0 Å². The second-order valence-corrected chi connectivity index (χ2v) is 9.19. The molecule has 1 aromatic rings. The van der Waals surface area contributed by atoms with Crippen molar-refractivity contribution in [3.8, 4) is 0 Å². The summed E-state index contributed by atoms with van der Waals surface area (Å²) in [6, 6.07) is 10.6. The highest BCUT2D eigenvalue weighted by molar-refractivity contribution is 6.75. The normalized spacial score (nSPS) is 11.3. The smallest absolute Gasteiger partial charge is 0.324 e. The molecule has 0 aliphatic rings. The van der Waals surface area contributed by atoms with Crippen LogP contribution in [0.4, 0.5) is 0 Å². The molecule has 0 aromatic heterocycles. The summed E-state index contributed by atoms with van der Waals surface area (Å²) in [6.45, 7) is 8.39. The van der Waals surface area contributed by atoms with Gasteiger partial charge in [-0.25, -0.2) is 4.79 Å². The maximum Gasteiger partial charge on any atom is 0.324 e. The summed E-state index contributed by atoms with van der Waals surface area (Å²) < 4.78 is 5.81. The zero-order valence-electron chi connectivity index (χ0n) is 11.2. The zero-order valence-corrected chi connectivity index (χ0v) is 12.2. The molecule has 0 radical (unpaired) electrons. The van der Waals surface area contributed by atoms with Crippen LogP contribution >= 0.6 is 0 Å². The van der Waals surface area contributed by atoms with Gasteiger partial charge in [0.05, 0.1) is 5.56 Å². The van der Waals surface area contributed by atoms with E-state index in [1.54, 1.807) is 0 Å². The van der Waals surface area contributed by atoms with Gasteiger partial charge in [0, 0.05) is 0 Å². The van der Waals surface area contributed by atoms with Crippen LogP contribution in [-0.2, 0) is 4.43 Å². The first-order valence-corrected chi connectivity index (χ1v) is 8.90. The molecule has 1 aromatic carbocycles. The van der Waals surface area contributed by atoms with Gasteiger partial charge in [-0.1, -0.05) is 38.5 Å². The lowest BCUT2D eigenvalue weighted by Gasteiger charge is -2.27. The van der Waals surface area contributed by atoms with E-state index in [9.17, 15) is 4.79 Å². The van der Waals surface area contributed by atoms with E-state index in [0.29, 0.717) is 5.56 Å². The second-order valence-electron chi connectivity index (χ2n) is 4.50. The minimum atomic E-state index is -1.83. The van der Waals surface area contributed by atoms with Crippen molar-refractivity contribution in [3.05, 3.63) is 35.4 Å². The molecule has 0 heterocycles. The van der Waals surface area contributed by atoms with Gasteiger partial charge >= 0.3 is 5.97 Å². The predicted octanol–water partition coefficient (Wildman–Crippen LogP) is 4.16. The first kappa shape index (κ1) is 14.0. The number of benzene rings is 1. The molecule has 0 saturated carbocycles. The van der Waals surface area contributed by atoms with Crippen LogP contribution in [0.1, 0.15) is 36.7 Å². The summed E-state index contributed by atoms with van der Waals surface area (Å²) in [5, 5.41) is 0. The monoisotopic (exact) mass is 250 g/mol. The van der Waals surface area contributed by atoms with E-state index in [0.717, 1.165) is 23.7 Å². The van der Waals surface area contributed by atoms with Gasteiger partial charge in [0.15, 0.2) is 0 Å². The minimum Gasteiger partial charge on any atom is -0.516 e. The fourth-order valence-electron chi connectivity index (χ4n) is 1.91. The average molecular weight is 250 g/mol. The molecule has 1 rings (SSSR count). The van der Waals surface area contributed by atoms with Gasteiger partial charge < -0.3 is 4.43 Å². The molecule has 2 nitrogen and oxygen atoms in total. The summed E-state index contributed by atoms with van der Waals surface area (Å²) in [7, 11) is -1.83. The quantitative estimate of drug-likeness (QED) is 0.734. The summed E-state index contributed by atoms with van der Waals surface area (Å²) in [5.74, 6) is -0.151. The number of hydrogen-bond acceptors (Lipinski definition) is 2. The second kappa shape index (κ2) is 6.01. The van der Waals surface area contributed by atoms with Crippen molar-refractivity contribution in [3.63, 3.8) is 0 Å². The molecular weight excluding hydrogens is 228 g/mol. The molecule has 0 bridgehead atoms. The van der Waals surface area contributed by atoms with Gasteiger partial charge in [0.2, 0.25) is 0 Å². The van der Waals surface area contributed by atoms with Crippen molar-refractivity contribution < 1.29 is 9.22 Å². The maximum atomic E-state index is 12.1. The van der Waals surface area contributed by atoms with Crippen LogP contribution in [0.5, 0.6) is 0 Å². The van der Waals surface area contributed by atoms with E-state index >= 15 is 0 Å². The molecule has 0 atom stereocenters. The third kappa shape index (κ3) is 3.43. The lowest BCUT2D eigenvalue weighted by Crippen LogP contribution is -2.38. The molecule has 0 fully saturated rings. The van der Waals surface area contributed by atoms with Gasteiger partial charge in [0.1, 0.15) is 0 Å². The number of carbonyl (C=O) groups excluding carboxylic acids is 1. The highest BCUT2D eigenvalue weighted by Crippen LogP contribution is 2.23. The standard InChI is InChI=1S/C14H22O2Si/c1-5-17(6-2,7-3)16-14(15)13-10-8-12(4)9-11-13/h8-11H,5-7H2,1-4H3. The Bertz CT molecular complexity index is 358. The van der Waals surface area contributed by atoms with Crippen molar-refractivity contribution in [2.24, 2.45) is 0 Å². The molecular formula is C14H22O2Si. The Morgan fingerprint density at radius 2 is 1.53 bits per heavy atom. The molecule has 0 saturated heterocycles. The predicted molar refractivity (Wildman–Crippen MR) is 73.8 cm³/mol. The molecule has 0 amide bonds. The molecule has 0 aliphatic heterocycles. The number of aryl methyl sites for hydroxylation is 1. The van der Waals surface area contributed by atoms with Crippen LogP contribution in [0.15, 0.2) is 24.3 Å². The van der Waals surface area contributed by atoms with E-state index in [4.69, 9.17) is 4.43 Å². The van der Waals surface area contributed by atoms with Crippen LogP contribution in [-0.4, -0.2) is 14.3 Å². The molecule has 0 unspecified atom stereocenters. The zero-order chi connectivity index (χ0) is 12.9. The van der Waals surface area contributed by atoms with Crippen LogP contribution in [0.2, 0.25) is 18.1 Å². The molecule has 0 spiro atoms. The Kier molecular flexibility index (Phi) is 4.94. The molecule has 3 heteroatoms. The highest BCUT2D eigenvalue weighted by atomic mass is 28.4. The van der Waals surface area contributed by atoms with Crippen molar-refractivity contribution in [2.45, 2.75) is 45.8 Å². The van der Waals surface area contributed by atoms with Crippen LogP contribution in [0.3, 0.4) is 0 Å². The summed E-state index contributed by atoms with van der Waals surface area (Å²) in [4.78, 5) is 12.1. The van der Waals surface area contributed by atoms with E-state index < -0.39 is 8.32 Å². The van der Waals surface area contributed by atoms with Gasteiger partial charge in [-0.15, -0.1) is 0 Å². The third-order valence-electron chi connectivity index (χ3n) is 3.53. The Hall–Kier alpha value is -1.09. The summed E-state index contributed by atoms with van der Waals surface area (Å²) in [5.41, 5.74) is 1.83. The van der Waals surface area contributed by atoms with E-state index in [1.807, 2.05) is 31.2 Å². The maximum absolute atomic E-state index is 12.1. The lowest BCUT2D eigenvalue weighted by atomic mass is 10.2. The first-order valence-electron chi connectivity index (χ1n) is 6.37. The van der Waals surface area contributed by atoms with E-state index in [-0.39, 0.29) is 5.97 Å². The first-order chi connectivity index (χ1) is 8.06. The average Bonchev–Trinajstić information content (AvgIpc) is 2.37. The fraction of sp³-hybridized carbons (Fsp3) is 0.500. The van der Waals surface area contributed by atoms with Crippen LogP contribution in [0, 0.1) is 6.92 Å². The number of carbonyl (C=O) groups is 1. The largest absolute Gasteiger partial charge is 0.516 e. The highest BCUT2D eigenvalue weighted by Gasteiger charge is 2.33. The summed E-state index contributed by atoms with van der Waals surface area (Å²) >= 11 is 0. The third-order valence-corrected chi connectivity index (χ3v) is 8.01. The SMILES string of the molecule is CC[Si](CC)(CC)OC(=O)c1ccc(C)cc1. The van der Waals surface area contributed by atoms with Gasteiger partial charge in [-0.05, 0) is 37.2 Å². The summed E-state index contributed by atoms with van der Waals surface area (Å²) in [6.07, 6.45) is 0. The Labute approximate surface area is 105 Å². The Morgan fingerprint density at radius 1 is 1.06 bits per heavy atom. The van der Waals surface area contributed by atoms with Crippen molar-refractivity contribution in [2.75, 3.05) is 0 Å². The van der Waals surface area contributed by atoms with Crippen molar-refractivity contribution in [1.82, 2.24) is 0 Å². The van der Waals surface area contributed by atoms with E-state index in [1.165, 1.54) is 0 Å². The minimum absolute atomic E-state index is 0.151. The van der Waals surface area contributed by atoms with Gasteiger partial charge in [0.25, 0.3) is 8.32 Å². The van der Waals surface area contributed by atoms with Gasteiger partial charge in [-0.2, -0.15) is 0 Å². The molecule has 0 aliphatic carbocycles. The number of rotatable bonds is 5. The Morgan fingerprint density at radius 3 is 1.94 bits per heavy atom. The lowest BCUT2D eigenvalue weighted by molar-refractivity contribution is 0.0717. The topological polar surface area (TPSA) is 26.3 Å². The van der Waals surface area contributed by atoms with Crippen molar-refractivity contribution >= 4 is 14.3 Å². The molecule has 17 heavy (non-hydrogen) atoms. The van der Waals surface area contributed by atoms with Crippen molar-refractivity contribution in [1.29, 1.82) is 0 Å². The van der Waals surface area contributed by atoms with Crippen LogP contribution in [0.25, 0.3) is 0 Å². The Balaban J connectivity index is 2.81. The number of hydrogen-bond donors (Lipinski definition) is 0. The molecule has 94 valence electrons. The van der Waals surface area contributed by atoms with Gasteiger partial charge in [-0.3, -0.25) is 0 Å². The fourth-order valence-corrected chi connectivity index (χ4v) is 4.36.